The van der Waals surface area contributed by atoms with Crippen LogP contribution in [0.4, 0.5) is 5.69 Å². The lowest BCUT2D eigenvalue weighted by Gasteiger charge is -2.11. The van der Waals surface area contributed by atoms with E-state index in [4.69, 9.17) is 5.11 Å². The second kappa shape index (κ2) is 6.30. The minimum absolute atomic E-state index is 0.0225. The van der Waals surface area contributed by atoms with E-state index in [1.165, 1.54) is 12.1 Å². The Morgan fingerprint density at radius 3 is 2.67 bits per heavy atom. The van der Waals surface area contributed by atoms with E-state index >= 15 is 0 Å². The Labute approximate surface area is 136 Å². The van der Waals surface area contributed by atoms with Crippen molar-refractivity contribution in [1.82, 2.24) is 0 Å². The molecular weight excluding hydrogens is 409 g/mol. The molecule has 0 aliphatic carbocycles. The number of carboxylic acid groups (broad SMARTS) is 1. The zero-order valence-electron chi connectivity index (χ0n) is 11.0. The van der Waals surface area contributed by atoms with E-state index in [1.54, 1.807) is 6.07 Å². The number of hydrogen-bond acceptors (Lipinski definition) is 4. The average Bonchev–Trinajstić information content (AvgIpc) is 2.70. The van der Waals surface area contributed by atoms with Gasteiger partial charge in [0.05, 0.1) is 22.8 Å². The van der Waals surface area contributed by atoms with Crippen molar-refractivity contribution in [3.63, 3.8) is 0 Å². The third-order valence-corrected chi connectivity index (χ3v) is 5.79. The molecule has 1 aromatic carbocycles. The molecular formula is C13H14INO5S. The SMILES string of the molecule is O=C(CC1CCS(=O)(=O)C1)Nc1ccc(I)cc1C(=O)O. The van der Waals surface area contributed by atoms with Gasteiger partial charge in [0, 0.05) is 9.99 Å². The highest BCUT2D eigenvalue weighted by molar-refractivity contribution is 14.1. The van der Waals surface area contributed by atoms with Crippen LogP contribution in [0.25, 0.3) is 0 Å². The number of halogens is 1. The summed E-state index contributed by atoms with van der Waals surface area (Å²) in [6.45, 7) is 0. The lowest BCUT2D eigenvalue weighted by molar-refractivity contribution is -0.116. The smallest absolute Gasteiger partial charge is 0.337 e. The molecule has 1 aromatic rings. The highest BCUT2D eigenvalue weighted by atomic mass is 127. The fourth-order valence-electron chi connectivity index (χ4n) is 2.30. The standard InChI is InChI=1S/C13H14INO5S/c14-9-1-2-11(10(6-9)13(17)18)15-12(16)5-8-3-4-21(19,20)7-8/h1-2,6,8H,3-5,7H2,(H,15,16)(H,17,18). The molecule has 0 aromatic heterocycles. The van der Waals surface area contributed by atoms with Gasteiger partial charge in [-0.1, -0.05) is 0 Å². The van der Waals surface area contributed by atoms with Crippen molar-refractivity contribution in [2.45, 2.75) is 12.8 Å². The highest BCUT2D eigenvalue weighted by Gasteiger charge is 2.29. The van der Waals surface area contributed by atoms with E-state index in [-0.39, 0.29) is 41.0 Å². The van der Waals surface area contributed by atoms with Crippen molar-refractivity contribution in [2.24, 2.45) is 5.92 Å². The van der Waals surface area contributed by atoms with E-state index in [1.807, 2.05) is 22.6 Å². The highest BCUT2D eigenvalue weighted by Crippen LogP contribution is 2.23. The normalized spacial score (nSPS) is 20.1. The van der Waals surface area contributed by atoms with Gasteiger partial charge in [-0.3, -0.25) is 4.79 Å². The minimum Gasteiger partial charge on any atom is -0.478 e. The Kier molecular flexibility index (Phi) is 4.87. The predicted molar refractivity (Wildman–Crippen MR) is 86.1 cm³/mol. The maximum atomic E-state index is 11.9. The van der Waals surface area contributed by atoms with Crippen LogP contribution in [-0.4, -0.2) is 36.9 Å². The number of amides is 1. The van der Waals surface area contributed by atoms with Crippen LogP contribution in [0.1, 0.15) is 23.2 Å². The van der Waals surface area contributed by atoms with Crippen LogP contribution in [0.15, 0.2) is 18.2 Å². The molecule has 8 heteroatoms. The summed E-state index contributed by atoms with van der Waals surface area (Å²) in [6, 6.07) is 4.70. The first-order chi connectivity index (χ1) is 9.77. The topological polar surface area (TPSA) is 101 Å². The summed E-state index contributed by atoms with van der Waals surface area (Å²) >= 11 is 1.99. The number of rotatable bonds is 4. The van der Waals surface area contributed by atoms with Gasteiger partial charge < -0.3 is 10.4 Å². The Morgan fingerprint density at radius 1 is 1.38 bits per heavy atom. The quantitative estimate of drug-likeness (QED) is 0.719. The fraction of sp³-hybridized carbons (Fsp3) is 0.385. The molecule has 2 N–H and O–H groups in total. The molecule has 1 aliphatic rings. The van der Waals surface area contributed by atoms with Gasteiger partial charge in [-0.25, -0.2) is 13.2 Å². The monoisotopic (exact) mass is 423 g/mol. The summed E-state index contributed by atoms with van der Waals surface area (Å²) in [4.78, 5) is 23.1. The molecule has 1 unspecified atom stereocenters. The molecule has 1 atom stereocenters. The summed E-state index contributed by atoms with van der Waals surface area (Å²) in [7, 11) is -3.02. The number of anilines is 1. The number of carbonyl (C=O) groups is 2. The third kappa shape index (κ3) is 4.40. The van der Waals surface area contributed by atoms with Crippen molar-refractivity contribution in [3.05, 3.63) is 27.3 Å². The number of nitrogens with one attached hydrogen (secondary N) is 1. The van der Waals surface area contributed by atoms with Crippen LogP contribution in [0.5, 0.6) is 0 Å². The first kappa shape index (κ1) is 16.2. The minimum atomic E-state index is -3.02. The molecule has 0 spiro atoms. The van der Waals surface area contributed by atoms with Crippen molar-refractivity contribution in [3.8, 4) is 0 Å². The predicted octanol–water partition coefficient (Wildman–Crippen LogP) is 1.75. The number of sulfone groups is 1. The molecule has 1 saturated heterocycles. The molecule has 1 amide bonds. The van der Waals surface area contributed by atoms with Crippen LogP contribution in [0.3, 0.4) is 0 Å². The summed E-state index contributed by atoms with van der Waals surface area (Å²) in [5, 5.41) is 11.7. The molecule has 2 rings (SSSR count). The van der Waals surface area contributed by atoms with Crippen LogP contribution in [0, 0.1) is 9.49 Å². The fourth-order valence-corrected chi connectivity index (χ4v) is 4.65. The number of hydrogen-bond donors (Lipinski definition) is 2. The number of carbonyl (C=O) groups excluding carboxylic acids is 1. The zero-order valence-corrected chi connectivity index (χ0v) is 14.0. The number of benzene rings is 1. The van der Waals surface area contributed by atoms with Gasteiger partial charge in [0.15, 0.2) is 9.84 Å². The van der Waals surface area contributed by atoms with E-state index in [2.05, 4.69) is 5.32 Å². The number of aromatic carboxylic acids is 1. The van der Waals surface area contributed by atoms with Gasteiger partial charge >= 0.3 is 5.97 Å². The maximum Gasteiger partial charge on any atom is 0.337 e. The summed E-state index contributed by atoms with van der Waals surface area (Å²) in [5.41, 5.74) is 0.253. The molecule has 1 heterocycles. The van der Waals surface area contributed by atoms with Gasteiger partial charge in [0.25, 0.3) is 0 Å². The number of carboxylic acids is 1. The summed E-state index contributed by atoms with van der Waals surface area (Å²) in [6.07, 6.45) is 0.568. The first-order valence-electron chi connectivity index (χ1n) is 6.30. The lowest BCUT2D eigenvalue weighted by atomic mass is 10.0. The Balaban J connectivity index is 2.05. The molecule has 21 heavy (non-hydrogen) atoms. The molecule has 6 nitrogen and oxygen atoms in total. The van der Waals surface area contributed by atoms with Crippen LogP contribution in [-0.2, 0) is 14.6 Å². The summed E-state index contributed by atoms with van der Waals surface area (Å²) < 4.78 is 23.5. The van der Waals surface area contributed by atoms with Crippen molar-refractivity contribution >= 4 is 50.0 Å². The van der Waals surface area contributed by atoms with Gasteiger partial charge in [0.1, 0.15) is 0 Å². The van der Waals surface area contributed by atoms with E-state index in [0.29, 0.717) is 6.42 Å². The second-order valence-electron chi connectivity index (χ2n) is 5.02. The van der Waals surface area contributed by atoms with Gasteiger partial charge in [-0.05, 0) is 53.1 Å². The maximum absolute atomic E-state index is 11.9. The van der Waals surface area contributed by atoms with E-state index in [0.717, 1.165) is 3.57 Å². The Morgan fingerprint density at radius 2 is 2.10 bits per heavy atom. The molecule has 1 fully saturated rings. The molecule has 0 radical (unpaired) electrons. The Bertz CT molecular complexity index is 686. The van der Waals surface area contributed by atoms with Crippen molar-refractivity contribution < 1.29 is 23.1 Å². The van der Waals surface area contributed by atoms with Crippen LogP contribution < -0.4 is 5.32 Å². The van der Waals surface area contributed by atoms with Crippen molar-refractivity contribution in [1.29, 1.82) is 0 Å². The largest absolute Gasteiger partial charge is 0.478 e. The third-order valence-electron chi connectivity index (χ3n) is 3.29. The van der Waals surface area contributed by atoms with Crippen LogP contribution >= 0.6 is 22.6 Å². The molecule has 114 valence electrons. The first-order valence-corrected chi connectivity index (χ1v) is 9.20. The molecule has 0 saturated carbocycles. The Hall–Kier alpha value is -1.16. The lowest BCUT2D eigenvalue weighted by Crippen LogP contribution is -2.19. The molecule has 0 bridgehead atoms. The van der Waals surface area contributed by atoms with E-state index in [9.17, 15) is 18.0 Å². The second-order valence-corrected chi connectivity index (χ2v) is 8.49. The molecule has 1 aliphatic heterocycles. The van der Waals surface area contributed by atoms with Gasteiger partial charge in [-0.15, -0.1) is 0 Å². The van der Waals surface area contributed by atoms with Crippen LogP contribution in [0.2, 0.25) is 0 Å². The van der Waals surface area contributed by atoms with E-state index < -0.39 is 15.8 Å². The average molecular weight is 423 g/mol. The van der Waals surface area contributed by atoms with Gasteiger partial charge in [0.2, 0.25) is 5.91 Å². The van der Waals surface area contributed by atoms with Gasteiger partial charge in [-0.2, -0.15) is 0 Å². The van der Waals surface area contributed by atoms with Crippen molar-refractivity contribution in [2.75, 3.05) is 16.8 Å². The zero-order chi connectivity index (χ0) is 15.6. The summed E-state index contributed by atoms with van der Waals surface area (Å²) in [5.74, 6) is -1.52.